The van der Waals surface area contributed by atoms with Crippen molar-refractivity contribution in [1.82, 2.24) is 20.1 Å². The molecule has 0 atom stereocenters. The van der Waals surface area contributed by atoms with Gasteiger partial charge in [-0.2, -0.15) is 0 Å². The van der Waals surface area contributed by atoms with Crippen LogP contribution in [0.5, 0.6) is 0 Å². The fourth-order valence-corrected chi connectivity index (χ4v) is 2.44. The number of hydrazine groups is 1. The maximum atomic E-state index is 12.9. The fourth-order valence-electron chi connectivity index (χ4n) is 2.44. The van der Waals surface area contributed by atoms with Crippen LogP contribution in [0.15, 0.2) is 4.99 Å². The van der Waals surface area contributed by atoms with Crippen LogP contribution in [0, 0.1) is 5.41 Å². The Balaban J connectivity index is 2.92. The Morgan fingerprint density at radius 2 is 1.62 bits per heavy atom. The zero-order chi connectivity index (χ0) is 19.9. The Morgan fingerprint density at radius 3 is 2.12 bits per heavy atom. The summed E-state index contributed by atoms with van der Waals surface area (Å²) in [6.45, 7) is 5.10. The number of hydrogen-bond acceptors (Lipinski definition) is 7. The molecule has 0 spiro atoms. The summed E-state index contributed by atoms with van der Waals surface area (Å²) in [5.41, 5.74) is 6.37. The van der Waals surface area contributed by atoms with Gasteiger partial charge < -0.3 is 20.4 Å². The number of rotatable bonds is 6. The minimum absolute atomic E-state index is 0.0405. The molecule has 1 aliphatic rings. The monoisotopic (exact) mass is 369 g/mol. The van der Waals surface area contributed by atoms with Gasteiger partial charge >= 0.3 is 0 Å². The van der Waals surface area contributed by atoms with Gasteiger partial charge in [0.05, 0.1) is 44.7 Å². The summed E-state index contributed by atoms with van der Waals surface area (Å²) in [6, 6.07) is 0. The number of aliphatic imine (C=N–C) groups is 1. The number of nitrogens with one attached hydrogen (secondary N) is 1. The van der Waals surface area contributed by atoms with E-state index in [1.165, 1.54) is 14.7 Å². The van der Waals surface area contributed by atoms with Crippen LogP contribution in [0.25, 0.3) is 0 Å². The van der Waals surface area contributed by atoms with E-state index in [1.54, 1.807) is 20.8 Å². The summed E-state index contributed by atoms with van der Waals surface area (Å²) in [6.07, 6.45) is 1.26. The van der Waals surface area contributed by atoms with Crippen molar-refractivity contribution < 1.29 is 19.2 Å². The molecule has 0 aromatic rings. The Bertz CT molecular complexity index is 567. The van der Waals surface area contributed by atoms with Gasteiger partial charge in [0, 0.05) is 6.42 Å². The molecule has 0 aromatic heterocycles. The maximum absolute atomic E-state index is 12.9. The molecular formula is C15H27N7O4. The van der Waals surface area contributed by atoms with E-state index in [1.807, 2.05) is 5.43 Å². The first-order valence-electron chi connectivity index (χ1n) is 8.21. The van der Waals surface area contributed by atoms with Gasteiger partial charge in [-0.25, -0.2) is 5.84 Å². The molecule has 0 aliphatic carbocycles. The lowest BCUT2D eigenvalue weighted by Gasteiger charge is -2.44. The van der Waals surface area contributed by atoms with Gasteiger partial charge in [-0.15, -0.1) is 0 Å². The molecular weight excluding hydrogens is 342 g/mol. The standard InChI is InChI=1S/C15H27N7O4/c1-4-12(24)20-8-21(13(25)5-16)10-22(9-20)14(26)15(2,3)7-18-6-11(23)19-17/h6H,4-5,7-10,16-17H2,1-3H3,(H,19,23). The normalized spacial score (nSPS) is 15.3. The highest BCUT2D eigenvalue weighted by Crippen LogP contribution is 2.22. The van der Waals surface area contributed by atoms with E-state index in [-0.39, 0.29) is 57.2 Å². The SMILES string of the molecule is CCC(=O)N1CN(C(=O)CN)CN(C(=O)C(C)(C)CN=CC(=O)NN)C1. The quantitative estimate of drug-likeness (QED) is 0.209. The smallest absolute Gasteiger partial charge is 0.275 e. The molecule has 11 nitrogen and oxygen atoms in total. The molecule has 1 saturated heterocycles. The van der Waals surface area contributed by atoms with Gasteiger partial charge in [0.1, 0.15) is 0 Å². The first-order chi connectivity index (χ1) is 12.2. The zero-order valence-electron chi connectivity index (χ0n) is 15.4. The second-order valence-corrected chi connectivity index (χ2v) is 6.56. The molecule has 0 bridgehead atoms. The molecule has 0 saturated carbocycles. The van der Waals surface area contributed by atoms with Crippen molar-refractivity contribution in [3.63, 3.8) is 0 Å². The Morgan fingerprint density at radius 1 is 1.08 bits per heavy atom. The van der Waals surface area contributed by atoms with Crippen molar-refractivity contribution in [1.29, 1.82) is 0 Å². The molecule has 0 unspecified atom stereocenters. The van der Waals surface area contributed by atoms with E-state index in [4.69, 9.17) is 11.6 Å². The predicted octanol–water partition coefficient (Wildman–Crippen LogP) is -2.19. The molecule has 11 heteroatoms. The fraction of sp³-hybridized carbons (Fsp3) is 0.667. The van der Waals surface area contributed by atoms with Crippen molar-refractivity contribution in [3.05, 3.63) is 0 Å². The van der Waals surface area contributed by atoms with Crippen LogP contribution in [0.3, 0.4) is 0 Å². The Kier molecular flexibility index (Phi) is 7.65. The van der Waals surface area contributed by atoms with Crippen LogP contribution >= 0.6 is 0 Å². The highest BCUT2D eigenvalue weighted by molar-refractivity contribution is 6.26. The van der Waals surface area contributed by atoms with Gasteiger partial charge in [0.2, 0.25) is 17.7 Å². The lowest BCUT2D eigenvalue weighted by atomic mass is 9.92. The number of amides is 4. The molecule has 1 aliphatic heterocycles. The van der Waals surface area contributed by atoms with E-state index in [2.05, 4.69) is 4.99 Å². The summed E-state index contributed by atoms with van der Waals surface area (Å²) in [5.74, 6) is 3.56. The summed E-state index contributed by atoms with van der Waals surface area (Å²) in [5, 5.41) is 0. The predicted molar refractivity (Wildman–Crippen MR) is 94.0 cm³/mol. The van der Waals surface area contributed by atoms with E-state index in [0.29, 0.717) is 0 Å². The van der Waals surface area contributed by atoms with E-state index >= 15 is 0 Å². The molecule has 5 N–H and O–H groups in total. The Labute approximate surface area is 152 Å². The number of nitrogens with zero attached hydrogens (tertiary/aromatic N) is 4. The van der Waals surface area contributed by atoms with E-state index < -0.39 is 11.3 Å². The van der Waals surface area contributed by atoms with Crippen molar-refractivity contribution in [2.75, 3.05) is 33.1 Å². The zero-order valence-corrected chi connectivity index (χ0v) is 15.4. The lowest BCUT2D eigenvalue weighted by molar-refractivity contribution is -0.162. The molecule has 0 aromatic carbocycles. The molecule has 1 rings (SSSR count). The van der Waals surface area contributed by atoms with Crippen LogP contribution in [0.2, 0.25) is 0 Å². The van der Waals surface area contributed by atoms with E-state index in [0.717, 1.165) is 6.21 Å². The third-order valence-electron chi connectivity index (χ3n) is 3.91. The van der Waals surface area contributed by atoms with Crippen LogP contribution in [0.1, 0.15) is 27.2 Å². The lowest BCUT2D eigenvalue weighted by Crippen LogP contribution is -2.62. The van der Waals surface area contributed by atoms with Crippen molar-refractivity contribution >= 4 is 29.8 Å². The number of nitrogens with two attached hydrogens (primary N) is 2. The highest BCUT2D eigenvalue weighted by atomic mass is 16.2. The third-order valence-corrected chi connectivity index (χ3v) is 3.91. The van der Waals surface area contributed by atoms with Gasteiger partial charge in [-0.05, 0) is 13.8 Å². The second kappa shape index (κ2) is 9.25. The van der Waals surface area contributed by atoms with Gasteiger partial charge in [-0.3, -0.25) is 29.6 Å². The first-order valence-corrected chi connectivity index (χ1v) is 8.21. The minimum Gasteiger partial charge on any atom is -0.322 e. The minimum atomic E-state index is -0.943. The van der Waals surface area contributed by atoms with Gasteiger partial charge in [-0.1, -0.05) is 6.92 Å². The first kappa shape index (κ1) is 21.5. The molecule has 1 heterocycles. The molecule has 4 amide bonds. The summed E-state index contributed by atoms with van der Waals surface area (Å²) in [4.78, 5) is 56.1. The highest BCUT2D eigenvalue weighted by Gasteiger charge is 2.37. The summed E-state index contributed by atoms with van der Waals surface area (Å²) < 4.78 is 0. The maximum Gasteiger partial charge on any atom is 0.275 e. The third kappa shape index (κ3) is 5.49. The van der Waals surface area contributed by atoms with Gasteiger partial charge in [0.25, 0.3) is 5.91 Å². The largest absolute Gasteiger partial charge is 0.322 e. The molecule has 26 heavy (non-hydrogen) atoms. The molecule has 0 radical (unpaired) electrons. The average molecular weight is 369 g/mol. The second-order valence-electron chi connectivity index (χ2n) is 6.56. The van der Waals surface area contributed by atoms with Crippen molar-refractivity contribution in [2.45, 2.75) is 27.2 Å². The van der Waals surface area contributed by atoms with Crippen molar-refractivity contribution in [2.24, 2.45) is 22.0 Å². The van der Waals surface area contributed by atoms with Crippen LogP contribution in [-0.2, 0) is 19.2 Å². The number of carbonyl (C=O) groups is 4. The average Bonchev–Trinajstić information content (AvgIpc) is 2.65. The topological polar surface area (TPSA) is 154 Å². The van der Waals surface area contributed by atoms with E-state index in [9.17, 15) is 19.2 Å². The van der Waals surface area contributed by atoms with Crippen LogP contribution < -0.4 is 17.0 Å². The number of carbonyl (C=O) groups excluding carboxylic acids is 4. The van der Waals surface area contributed by atoms with Crippen LogP contribution in [-0.4, -0.2) is 77.6 Å². The summed E-state index contributed by atoms with van der Waals surface area (Å²) in [7, 11) is 0. The Hall–Kier alpha value is -2.53. The van der Waals surface area contributed by atoms with Crippen molar-refractivity contribution in [3.8, 4) is 0 Å². The summed E-state index contributed by atoms with van der Waals surface area (Å²) >= 11 is 0. The van der Waals surface area contributed by atoms with Crippen LogP contribution in [0.4, 0.5) is 0 Å². The molecule has 146 valence electrons. The number of hydrogen-bond donors (Lipinski definition) is 3. The van der Waals surface area contributed by atoms with Gasteiger partial charge in [0.15, 0.2) is 0 Å². The molecule has 1 fully saturated rings.